The van der Waals surface area contributed by atoms with Gasteiger partial charge in [-0.1, -0.05) is 73.1 Å². The Kier molecular flexibility index (Phi) is 24.4. The molecular weight excluding hydrogens is 1370 g/mol. The lowest BCUT2D eigenvalue weighted by atomic mass is 9.89. The Morgan fingerprint density at radius 3 is 1.26 bits per heavy atom. The number of pyridine rings is 3. The van der Waals surface area contributed by atoms with E-state index in [0.717, 1.165) is 114 Å². The molecule has 0 aromatic carbocycles. The first-order valence-corrected chi connectivity index (χ1v) is 32.0. The molecule has 0 atom stereocenters. The van der Waals surface area contributed by atoms with Gasteiger partial charge < -0.3 is 47.5 Å². The molecule has 520 valence electrons. The maximum Gasteiger partial charge on any atom is 0.425 e. The fourth-order valence-electron chi connectivity index (χ4n) is 12.6. The third kappa shape index (κ3) is 15.8. The molecule has 96 heavy (non-hydrogen) atoms. The Labute approximate surface area is 587 Å². The topological polar surface area (TPSA) is 363 Å². The highest BCUT2D eigenvalue weighted by molar-refractivity contribution is 6.43. The minimum absolute atomic E-state index is 0. The Bertz CT molecular complexity index is 3990. The van der Waals surface area contributed by atoms with E-state index in [-0.39, 0.29) is 105 Å². The molecule has 5 amide bonds. The monoisotopic (exact) mass is 1450 g/mol. The highest BCUT2D eigenvalue weighted by Gasteiger charge is 2.48. The molecule has 0 saturated heterocycles. The number of nitrogen functional groups attached to an aromatic ring is 2. The number of imide groups is 1. The zero-order chi connectivity index (χ0) is 67.9. The Hall–Kier alpha value is -7.82. The van der Waals surface area contributed by atoms with E-state index >= 15 is 0 Å². The predicted octanol–water partition coefficient (Wildman–Crippen LogP) is 12.3. The third-order valence-electron chi connectivity index (χ3n) is 16.6. The van der Waals surface area contributed by atoms with Crippen molar-refractivity contribution in [1.82, 2.24) is 59.6 Å². The molecule has 9 heterocycles. The van der Waals surface area contributed by atoms with Crippen LogP contribution in [-0.4, -0.2) is 84.7 Å². The first-order valence-electron chi connectivity index (χ1n) is 30.5. The van der Waals surface area contributed by atoms with Crippen molar-refractivity contribution in [2.45, 2.75) is 201 Å². The number of aromatic nitrogens is 9. The molecule has 3 aliphatic heterocycles. The Morgan fingerprint density at radius 2 is 0.865 bits per heavy atom. The standard InChI is InChI=1S/C18H20ClN5O2.C17H19ClN6O2.C14H19Cl2N3O4.C13H17N3O2.CH4.2ClH/c1-10-8-12(22-15-13(19)11(2)20-9-21-15)17(26)24-14(10)16(25)23-18(24)6-4-3-5-7-18;1-9-7-10(22-14-11(18)13(19)20-8-21-14)16(26)24-12(9)15(25)23-17(24)5-3-2-4-6-17;1-13(2,3)22-11(20)19(12(21)23-14(4,5)6)10-8(15)9(16)17-7-18-10;1-8-7-9(14)12(18)16-10(8)11(17)15-13(16)5-3-2-4-6-13;;;/h8-9H,3-7H2,1-2H3,(H,23,25)(H,20,21,22);7-8H,2-6H2,1H3,(H,23,25)(H3,19,20,21,22);7H,1-6H3;7H,2-6,14H2,1H3,(H,15,17);1H4;2*1H. The van der Waals surface area contributed by atoms with E-state index in [4.69, 9.17) is 67.3 Å². The van der Waals surface area contributed by atoms with Gasteiger partial charge in [-0.15, -0.1) is 24.8 Å². The van der Waals surface area contributed by atoms with Crippen LogP contribution in [0.4, 0.5) is 49.9 Å². The van der Waals surface area contributed by atoms with Crippen LogP contribution in [-0.2, 0) is 26.5 Å². The summed E-state index contributed by atoms with van der Waals surface area (Å²) in [7, 11) is 0. The Morgan fingerprint density at radius 1 is 0.510 bits per heavy atom. The molecule has 3 saturated carbocycles. The molecule has 0 radical (unpaired) electrons. The van der Waals surface area contributed by atoms with Gasteiger partial charge >= 0.3 is 12.2 Å². The number of anilines is 7. The second-order valence-electron chi connectivity index (χ2n) is 25.8. The van der Waals surface area contributed by atoms with Gasteiger partial charge in [-0.3, -0.25) is 42.5 Å². The number of carbonyl (C=O) groups is 5. The minimum atomic E-state index is -0.983. The maximum atomic E-state index is 13.3. The average Bonchev–Trinajstić information content (AvgIpc) is 1.58. The number of nitrogens with one attached hydrogen (secondary N) is 5. The largest absolute Gasteiger partial charge is 0.443 e. The number of aryl methyl sites for hydroxylation is 4. The fourth-order valence-corrected chi connectivity index (χ4v) is 13.2. The smallest absolute Gasteiger partial charge is 0.425 e. The number of hydrogen-bond donors (Lipinski definition) is 7. The number of amides is 5. The number of nitrogens with two attached hydrogens (primary N) is 2. The minimum Gasteiger partial charge on any atom is -0.443 e. The highest BCUT2D eigenvalue weighted by Crippen LogP contribution is 2.41. The zero-order valence-electron chi connectivity index (χ0n) is 54.1. The van der Waals surface area contributed by atoms with Gasteiger partial charge in [0.25, 0.3) is 34.4 Å². The van der Waals surface area contributed by atoms with E-state index in [9.17, 15) is 38.4 Å². The van der Waals surface area contributed by atoms with Crippen LogP contribution in [0.25, 0.3) is 0 Å². The summed E-state index contributed by atoms with van der Waals surface area (Å²) < 4.78 is 15.3. The van der Waals surface area contributed by atoms with E-state index in [1.807, 2.05) is 20.8 Å². The molecule has 6 aromatic rings. The summed E-state index contributed by atoms with van der Waals surface area (Å²) in [4.78, 5) is 125. The molecule has 27 nitrogen and oxygen atoms in total. The summed E-state index contributed by atoms with van der Waals surface area (Å²) in [5, 5.41) is 15.4. The van der Waals surface area contributed by atoms with Crippen molar-refractivity contribution in [2.75, 3.05) is 27.0 Å². The molecule has 0 unspecified atom stereocenters. The number of ether oxygens (including phenoxy) is 2. The van der Waals surface area contributed by atoms with Crippen molar-refractivity contribution < 1.29 is 33.4 Å². The van der Waals surface area contributed by atoms with Gasteiger partial charge in [0.05, 0.1) is 11.4 Å². The van der Waals surface area contributed by atoms with Gasteiger partial charge in [0.15, 0.2) is 22.6 Å². The molecule has 3 aliphatic carbocycles. The van der Waals surface area contributed by atoms with Crippen LogP contribution >= 0.6 is 71.2 Å². The summed E-state index contributed by atoms with van der Waals surface area (Å²) in [5.74, 6) is 0.0307. The van der Waals surface area contributed by atoms with Gasteiger partial charge in [-0.05, 0) is 181 Å². The lowest BCUT2D eigenvalue weighted by Crippen LogP contribution is -2.48. The molecule has 9 N–H and O–H groups in total. The predicted molar refractivity (Wildman–Crippen MR) is 374 cm³/mol. The molecule has 0 bridgehead atoms. The van der Waals surface area contributed by atoms with Crippen molar-refractivity contribution in [2.24, 2.45) is 0 Å². The zero-order valence-corrected chi connectivity index (χ0v) is 58.8. The van der Waals surface area contributed by atoms with Crippen LogP contribution in [0.2, 0.25) is 20.2 Å². The van der Waals surface area contributed by atoms with Crippen LogP contribution < -0.4 is 59.6 Å². The number of fused-ring (bicyclic) bond motifs is 6. The molecule has 33 heteroatoms. The number of rotatable bonds is 5. The molecule has 6 aromatic heterocycles. The van der Waals surface area contributed by atoms with Gasteiger partial charge in [-0.25, -0.2) is 39.5 Å². The van der Waals surface area contributed by atoms with Gasteiger partial charge in [0, 0.05) is 0 Å². The van der Waals surface area contributed by atoms with E-state index in [1.165, 1.54) is 12.7 Å². The van der Waals surface area contributed by atoms with Crippen molar-refractivity contribution >= 4 is 141 Å². The van der Waals surface area contributed by atoms with Crippen molar-refractivity contribution in [3.8, 4) is 0 Å². The highest BCUT2D eigenvalue weighted by atomic mass is 35.5. The third-order valence-corrected chi connectivity index (χ3v) is 18.1. The lowest BCUT2D eigenvalue weighted by Gasteiger charge is -2.35. The summed E-state index contributed by atoms with van der Waals surface area (Å²) in [6.07, 6.45) is 15.8. The second-order valence-corrected chi connectivity index (χ2v) is 27.3. The maximum absolute atomic E-state index is 13.3. The first kappa shape index (κ1) is 77.2. The number of carbonyl (C=O) groups excluding carboxylic acids is 5. The molecule has 3 fully saturated rings. The normalized spacial score (nSPS) is 16.4. The van der Waals surface area contributed by atoms with Gasteiger partial charge in [0.2, 0.25) is 0 Å². The first-order chi connectivity index (χ1) is 43.7. The van der Waals surface area contributed by atoms with E-state index in [2.05, 4.69) is 56.5 Å². The molecule has 6 aliphatic rings. The molecule has 3 spiro atoms. The molecule has 12 rings (SSSR count). The van der Waals surface area contributed by atoms with Gasteiger partial charge in [-0.2, -0.15) is 4.90 Å². The van der Waals surface area contributed by atoms with E-state index in [1.54, 1.807) is 80.4 Å². The van der Waals surface area contributed by atoms with Crippen LogP contribution in [0.1, 0.15) is 199 Å². The molecular formula is C63H81Cl6N17O10. The summed E-state index contributed by atoms with van der Waals surface area (Å²) in [6.45, 7) is 17.2. The van der Waals surface area contributed by atoms with Crippen LogP contribution in [0.3, 0.4) is 0 Å². The number of hydrogen-bond acceptors (Lipinski definition) is 20. The van der Waals surface area contributed by atoms with E-state index < -0.39 is 40.4 Å². The van der Waals surface area contributed by atoms with Crippen LogP contribution in [0, 0.1) is 27.7 Å². The second kappa shape index (κ2) is 30.3. The quantitative estimate of drug-likeness (QED) is 0.0788. The van der Waals surface area contributed by atoms with Crippen molar-refractivity contribution in [1.29, 1.82) is 0 Å². The Balaban J connectivity index is 0.000000202. The SMILES string of the molecule is C.CC(C)(C)OC(=O)N(C(=O)OC(C)(C)C)c1ncnc(Cl)c1Cl.Cc1cc(N)c(=O)n2c1C(=O)NC21CCCCC1.Cc1cc(Nc2ncnc(C)c2Cl)c(=O)n2c1C(=O)NC21CCCCC1.Cc1cc(Nc2ncnc(N)c2Cl)c(=O)n2c1C(=O)NC21CCCCC1.Cl.Cl. The lowest BCUT2D eigenvalue weighted by molar-refractivity contribution is 0.0427. The summed E-state index contributed by atoms with van der Waals surface area (Å²) >= 11 is 24.2. The number of nitrogens with zero attached hydrogens (tertiary/aromatic N) is 10. The van der Waals surface area contributed by atoms with Gasteiger partial charge in [0.1, 0.15) is 96.5 Å². The summed E-state index contributed by atoms with van der Waals surface area (Å²) in [6, 6.07) is 4.92. The van der Waals surface area contributed by atoms with E-state index in [0.29, 0.717) is 55.5 Å². The van der Waals surface area contributed by atoms with Crippen molar-refractivity contribution in [3.63, 3.8) is 0 Å². The van der Waals surface area contributed by atoms with Crippen LogP contribution in [0.15, 0.2) is 51.6 Å². The fraction of sp³-hybridized carbons (Fsp3) is 0.492. The average molecular weight is 1450 g/mol. The number of halogens is 6. The summed E-state index contributed by atoms with van der Waals surface area (Å²) in [5.41, 5.74) is 12.3. The van der Waals surface area contributed by atoms with Crippen molar-refractivity contribution in [3.05, 3.63) is 128 Å². The van der Waals surface area contributed by atoms with Crippen LogP contribution in [0.5, 0.6) is 0 Å².